The second-order valence-electron chi connectivity index (χ2n) is 8.58. The first kappa shape index (κ1) is 22.6. The van der Waals surface area contributed by atoms with E-state index >= 15 is 0 Å². The van der Waals surface area contributed by atoms with Gasteiger partial charge in [0.1, 0.15) is 0 Å². The maximum absolute atomic E-state index is 12.7. The summed E-state index contributed by atoms with van der Waals surface area (Å²) in [6.07, 6.45) is 12.1. The lowest BCUT2D eigenvalue weighted by atomic mass is 9.79. The molecule has 2 fully saturated rings. The van der Waals surface area contributed by atoms with E-state index in [1.807, 2.05) is 12.1 Å². The van der Waals surface area contributed by atoms with Crippen molar-refractivity contribution in [2.45, 2.75) is 69.6 Å². The van der Waals surface area contributed by atoms with Crippen LogP contribution in [0.15, 0.2) is 48.6 Å². The molecular formula is C25H30F3NO. The van der Waals surface area contributed by atoms with Gasteiger partial charge in [-0.05, 0) is 86.8 Å². The van der Waals surface area contributed by atoms with Crippen molar-refractivity contribution in [2.24, 2.45) is 11.8 Å². The lowest BCUT2D eigenvalue weighted by molar-refractivity contribution is -0.137. The summed E-state index contributed by atoms with van der Waals surface area (Å²) >= 11 is 0. The monoisotopic (exact) mass is 417 g/mol. The molecule has 1 aromatic rings. The van der Waals surface area contributed by atoms with Crippen molar-refractivity contribution >= 4 is 0 Å². The van der Waals surface area contributed by atoms with Gasteiger partial charge in [-0.3, -0.25) is 0 Å². The first-order chi connectivity index (χ1) is 14.5. The zero-order chi connectivity index (χ0) is 21.4. The van der Waals surface area contributed by atoms with Crippen LogP contribution in [0.25, 0.3) is 0 Å². The predicted molar refractivity (Wildman–Crippen MR) is 112 cm³/mol. The highest BCUT2D eigenvalue weighted by atomic mass is 19.4. The summed E-state index contributed by atoms with van der Waals surface area (Å²) in [5.74, 6) is 1.50. The summed E-state index contributed by atoms with van der Waals surface area (Å²) in [5.41, 5.74) is 0.454. The third-order valence-electron chi connectivity index (χ3n) is 6.51. The largest absolute Gasteiger partial charge is 0.416 e. The predicted octanol–water partition coefficient (Wildman–Crippen LogP) is 7.19. The molecule has 0 aromatic heterocycles. The van der Waals surface area contributed by atoms with Gasteiger partial charge in [0.25, 0.3) is 0 Å². The lowest BCUT2D eigenvalue weighted by Gasteiger charge is -2.32. The van der Waals surface area contributed by atoms with Gasteiger partial charge in [-0.1, -0.05) is 30.4 Å². The highest BCUT2D eigenvalue weighted by molar-refractivity contribution is 5.27. The minimum atomic E-state index is -4.27. The van der Waals surface area contributed by atoms with Crippen molar-refractivity contribution in [3.63, 3.8) is 0 Å². The Morgan fingerprint density at radius 3 is 2.20 bits per heavy atom. The standard InChI is InChI=1S/C25H30F3NO/c26-25(27,28)23-13-11-22(12-14-23)21-9-5-20(6-10-21)18-30-24-15-7-19(8-16-24)4-2-1-3-17-29/h1-4,11-14,19-21,24H,5-10,15-16,18H2. The van der Waals surface area contributed by atoms with Gasteiger partial charge in [0.15, 0.2) is 0 Å². The second-order valence-corrected chi connectivity index (χ2v) is 8.58. The summed E-state index contributed by atoms with van der Waals surface area (Å²) < 4.78 is 44.4. The van der Waals surface area contributed by atoms with Crippen LogP contribution in [0.1, 0.15) is 68.4 Å². The number of hydrogen-bond acceptors (Lipinski definition) is 2. The Morgan fingerprint density at radius 2 is 1.60 bits per heavy atom. The Bertz CT molecular complexity index is 744. The molecule has 2 nitrogen and oxygen atoms in total. The van der Waals surface area contributed by atoms with E-state index < -0.39 is 11.7 Å². The Kier molecular flexibility index (Phi) is 8.16. The SMILES string of the molecule is N#CC=CC=CC1CCC(OCC2CCC(c3ccc(C(F)(F)F)cc3)CC2)CC1. The fourth-order valence-electron chi connectivity index (χ4n) is 4.65. The number of rotatable bonds is 6. The lowest BCUT2D eigenvalue weighted by Crippen LogP contribution is -2.25. The first-order valence-electron chi connectivity index (χ1n) is 11.0. The average molecular weight is 418 g/mol. The smallest absolute Gasteiger partial charge is 0.378 e. The van der Waals surface area contributed by atoms with Crippen molar-refractivity contribution in [1.29, 1.82) is 5.26 Å². The first-order valence-corrected chi connectivity index (χ1v) is 11.0. The maximum atomic E-state index is 12.7. The Labute approximate surface area is 177 Å². The van der Waals surface area contributed by atoms with E-state index in [0.29, 0.717) is 23.9 Å². The van der Waals surface area contributed by atoms with Crippen molar-refractivity contribution in [1.82, 2.24) is 0 Å². The van der Waals surface area contributed by atoms with E-state index in [2.05, 4.69) is 6.08 Å². The van der Waals surface area contributed by atoms with E-state index in [4.69, 9.17) is 10.00 Å². The summed E-state index contributed by atoms with van der Waals surface area (Å²) in [5, 5.41) is 8.49. The molecule has 0 radical (unpaired) electrons. The molecule has 0 bridgehead atoms. The van der Waals surface area contributed by atoms with Crippen LogP contribution in [0.3, 0.4) is 0 Å². The van der Waals surface area contributed by atoms with E-state index in [-0.39, 0.29) is 0 Å². The van der Waals surface area contributed by atoms with Gasteiger partial charge in [-0.2, -0.15) is 18.4 Å². The van der Waals surface area contributed by atoms with Crippen LogP contribution < -0.4 is 0 Å². The maximum Gasteiger partial charge on any atom is 0.416 e. The Hall–Kier alpha value is -2.06. The van der Waals surface area contributed by atoms with Crippen molar-refractivity contribution < 1.29 is 17.9 Å². The number of hydrogen-bond donors (Lipinski definition) is 0. The number of alkyl halides is 3. The molecule has 0 atom stereocenters. The van der Waals surface area contributed by atoms with Gasteiger partial charge in [-0.15, -0.1) is 0 Å². The van der Waals surface area contributed by atoms with E-state index in [1.54, 1.807) is 18.2 Å². The van der Waals surface area contributed by atoms with Gasteiger partial charge >= 0.3 is 6.18 Å². The van der Waals surface area contributed by atoms with Gasteiger partial charge in [0.05, 0.1) is 17.7 Å². The number of nitrogens with zero attached hydrogens (tertiary/aromatic N) is 1. The highest BCUT2D eigenvalue weighted by Crippen LogP contribution is 2.38. The Morgan fingerprint density at radius 1 is 0.933 bits per heavy atom. The van der Waals surface area contributed by atoms with E-state index in [9.17, 15) is 13.2 Å². The number of ether oxygens (including phenoxy) is 1. The third kappa shape index (κ3) is 6.74. The summed E-state index contributed by atoms with van der Waals surface area (Å²) in [7, 11) is 0. The molecule has 30 heavy (non-hydrogen) atoms. The number of nitriles is 1. The van der Waals surface area contributed by atoms with E-state index in [0.717, 1.165) is 63.5 Å². The molecular weight excluding hydrogens is 387 g/mol. The van der Waals surface area contributed by atoms with Gasteiger partial charge in [0, 0.05) is 12.7 Å². The fourth-order valence-corrected chi connectivity index (χ4v) is 4.65. The van der Waals surface area contributed by atoms with Crippen LogP contribution >= 0.6 is 0 Å². The minimum Gasteiger partial charge on any atom is -0.378 e. The summed E-state index contributed by atoms with van der Waals surface area (Å²) in [4.78, 5) is 0. The molecule has 0 N–H and O–H groups in total. The van der Waals surface area contributed by atoms with Crippen LogP contribution in [-0.2, 0) is 10.9 Å². The fraction of sp³-hybridized carbons (Fsp3) is 0.560. The third-order valence-corrected chi connectivity index (χ3v) is 6.51. The average Bonchev–Trinajstić information content (AvgIpc) is 2.76. The van der Waals surface area contributed by atoms with Crippen LogP contribution in [0, 0.1) is 23.2 Å². The van der Waals surface area contributed by atoms with Crippen molar-refractivity contribution in [2.75, 3.05) is 6.61 Å². The topological polar surface area (TPSA) is 33.0 Å². The minimum absolute atomic E-state index is 0.344. The molecule has 0 saturated heterocycles. The molecule has 3 rings (SSSR count). The summed E-state index contributed by atoms with van der Waals surface area (Å²) in [6.45, 7) is 0.801. The highest BCUT2D eigenvalue weighted by Gasteiger charge is 2.31. The molecule has 1 aromatic carbocycles. The molecule has 0 aliphatic heterocycles. The van der Waals surface area contributed by atoms with Gasteiger partial charge in [-0.25, -0.2) is 0 Å². The second kappa shape index (κ2) is 10.8. The molecule has 0 amide bonds. The van der Waals surface area contributed by atoms with Crippen molar-refractivity contribution in [3.05, 3.63) is 59.7 Å². The molecule has 2 saturated carbocycles. The van der Waals surface area contributed by atoms with Crippen molar-refractivity contribution in [3.8, 4) is 6.07 Å². The normalized spacial score (nSPS) is 28.1. The quantitative estimate of drug-likeness (QED) is 0.362. The number of halogens is 3. The molecule has 2 aliphatic carbocycles. The zero-order valence-electron chi connectivity index (χ0n) is 17.3. The molecule has 5 heteroatoms. The molecule has 0 heterocycles. The zero-order valence-corrected chi connectivity index (χ0v) is 17.3. The molecule has 2 aliphatic rings. The van der Waals surface area contributed by atoms with Crippen LogP contribution in [-0.4, -0.2) is 12.7 Å². The van der Waals surface area contributed by atoms with Gasteiger partial charge in [0.2, 0.25) is 0 Å². The molecule has 0 spiro atoms. The van der Waals surface area contributed by atoms with Crippen LogP contribution in [0.2, 0.25) is 0 Å². The molecule has 0 unspecified atom stereocenters. The van der Waals surface area contributed by atoms with Crippen LogP contribution in [0.5, 0.6) is 0 Å². The number of allylic oxidation sites excluding steroid dienone is 4. The van der Waals surface area contributed by atoms with Crippen LogP contribution in [0.4, 0.5) is 13.2 Å². The molecule has 162 valence electrons. The number of benzene rings is 1. The van der Waals surface area contributed by atoms with Gasteiger partial charge < -0.3 is 4.74 Å². The Balaban J connectivity index is 1.35. The van der Waals surface area contributed by atoms with E-state index in [1.165, 1.54) is 18.2 Å². The summed E-state index contributed by atoms with van der Waals surface area (Å²) in [6, 6.07) is 7.69.